The lowest BCUT2D eigenvalue weighted by atomic mass is 10.1. The number of carbonyl (C=O) groups excluding carboxylic acids is 1. The van der Waals surface area contributed by atoms with Gasteiger partial charge in [-0.2, -0.15) is 0 Å². The second-order valence-electron chi connectivity index (χ2n) is 6.02. The van der Waals surface area contributed by atoms with E-state index in [0.29, 0.717) is 11.4 Å². The van der Waals surface area contributed by atoms with Crippen LogP contribution in [0.25, 0.3) is 0 Å². The second kappa shape index (κ2) is 8.85. The highest BCUT2D eigenvalue weighted by atomic mass is 19.1. The summed E-state index contributed by atoms with van der Waals surface area (Å²) in [6.07, 6.45) is 0.251. The van der Waals surface area contributed by atoms with Crippen LogP contribution in [-0.4, -0.2) is 13.0 Å². The van der Waals surface area contributed by atoms with Gasteiger partial charge in [0.15, 0.2) is 0 Å². The van der Waals surface area contributed by atoms with Crippen molar-refractivity contribution in [2.45, 2.75) is 13.0 Å². The van der Waals surface area contributed by atoms with E-state index in [0.717, 1.165) is 16.9 Å². The quantitative estimate of drug-likeness (QED) is 0.666. The van der Waals surface area contributed by atoms with Crippen LogP contribution in [-0.2, 0) is 17.8 Å². The topological polar surface area (TPSA) is 47.6 Å². The molecule has 0 aromatic heterocycles. The van der Waals surface area contributed by atoms with Crippen molar-refractivity contribution in [1.29, 1.82) is 0 Å². The fraction of sp³-hybridized carbons (Fsp3) is 0.136. The van der Waals surface area contributed by atoms with Crippen LogP contribution in [0.3, 0.4) is 0 Å². The molecule has 0 aliphatic heterocycles. The summed E-state index contributed by atoms with van der Waals surface area (Å²) in [4.78, 5) is 12.3. The van der Waals surface area contributed by atoms with E-state index < -0.39 is 0 Å². The second-order valence-corrected chi connectivity index (χ2v) is 6.02. The third kappa shape index (κ3) is 5.57. The van der Waals surface area contributed by atoms with Crippen LogP contribution in [0.5, 0.6) is 11.5 Å². The van der Waals surface area contributed by atoms with Crippen molar-refractivity contribution < 1.29 is 18.7 Å². The molecule has 0 atom stereocenters. The summed E-state index contributed by atoms with van der Waals surface area (Å²) in [6.45, 7) is 0.281. The monoisotopic (exact) mass is 365 g/mol. The highest BCUT2D eigenvalue weighted by molar-refractivity contribution is 5.92. The molecule has 0 bridgehead atoms. The minimum absolute atomic E-state index is 0.119. The lowest BCUT2D eigenvalue weighted by Crippen LogP contribution is -2.14. The maximum Gasteiger partial charge on any atom is 0.228 e. The number of ether oxygens (including phenoxy) is 2. The molecule has 1 amide bonds. The van der Waals surface area contributed by atoms with Gasteiger partial charge in [0, 0.05) is 11.8 Å². The van der Waals surface area contributed by atoms with Crippen LogP contribution in [0.15, 0.2) is 72.8 Å². The summed E-state index contributed by atoms with van der Waals surface area (Å²) in [7, 11) is 1.59. The lowest BCUT2D eigenvalue weighted by molar-refractivity contribution is -0.115. The summed E-state index contributed by atoms with van der Waals surface area (Å²) in [6, 6.07) is 20.8. The Morgan fingerprint density at radius 3 is 2.48 bits per heavy atom. The summed E-state index contributed by atoms with van der Waals surface area (Å²) in [5.41, 5.74) is 2.43. The van der Waals surface area contributed by atoms with E-state index in [-0.39, 0.29) is 24.8 Å². The highest BCUT2D eigenvalue weighted by Crippen LogP contribution is 2.17. The molecule has 0 fully saturated rings. The predicted molar refractivity (Wildman–Crippen MR) is 103 cm³/mol. The van der Waals surface area contributed by atoms with Crippen molar-refractivity contribution in [3.63, 3.8) is 0 Å². The smallest absolute Gasteiger partial charge is 0.228 e. The first-order chi connectivity index (χ1) is 13.1. The fourth-order valence-corrected chi connectivity index (χ4v) is 2.64. The Bertz CT molecular complexity index is 927. The average molecular weight is 365 g/mol. The van der Waals surface area contributed by atoms with E-state index >= 15 is 0 Å². The predicted octanol–water partition coefficient (Wildman–Crippen LogP) is 4.59. The van der Waals surface area contributed by atoms with Crippen LogP contribution < -0.4 is 14.8 Å². The van der Waals surface area contributed by atoms with Crippen LogP contribution in [0.2, 0.25) is 0 Å². The van der Waals surface area contributed by atoms with E-state index in [1.54, 1.807) is 19.2 Å². The normalized spacial score (nSPS) is 10.3. The number of hydrogen-bond acceptors (Lipinski definition) is 3. The zero-order chi connectivity index (χ0) is 19.1. The average Bonchev–Trinajstić information content (AvgIpc) is 2.67. The van der Waals surface area contributed by atoms with Crippen LogP contribution in [0, 0.1) is 5.82 Å². The molecule has 0 saturated carbocycles. The largest absolute Gasteiger partial charge is 0.497 e. The Kier molecular flexibility index (Phi) is 6.05. The standard InChI is InChI=1S/C22H20FNO3/c1-26-20-9-3-5-16(12-20)13-22(25)24-19-8-2-6-17(11-19)15-27-21-10-4-7-18(23)14-21/h2-12,14H,13,15H2,1H3,(H,24,25). The van der Waals surface area contributed by atoms with Gasteiger partial charge >= 0.3 is 0 Å². The maximum absolute atomic E-state index is 13.2. The third-order valence-electron chi connectivity index (χ3n) is 3.91. The molecule has 4 nitrogen and oxygen atoms in total. The first-order valence-corrected chi connectivity index (χ1v) is 8.52. The van der Waals surface area contributed by atoms with Crippen molar-refractivity contribution >= 4 is 11.6 Å². The first-order valence-electron chi connectivity index (χ1n) is 8.52. The molecule has 0 unspecified atom stereocenters. The number of methoxy groups -OCH3 is 1. The van der Waals surface area contributed by atoms with Gasteiger partial charge in [-0.3, -0.25) is 4.79 Å². The van der Waals surface area contributed by atoms with E-state index in [2.05, 4.69) is 5.32 Å². The Morgan fingerprint density at radius 2 is 1.67 bits per heavy atom. The van der Waals surface area contributed by atoms with Gasteiger partial charge in [-0.05, 0) is 47.5 Å². The Hall–Kier alpha value is -3.34. The van der Waals surface area contributed by atoms with Crippen LogP contribution >= 0.6 is 0 Å². The molecule has 0 saturated heterocycles. The Balaban J connectivity index is 1.58. The Morgan fingerprint density at radius 1 is 0.926 bits per heavy atom. The van der Waals surface area contributed by atoms with Gasteiger partial charge in [-0.25, -0.2) is 4.39 Å². The molecule has 3 rings (SSSR count). The van der Waals surface area contributed by atoms with Crippen molar-refractivity contribution in [3.8, 4) is 11.5 Å². The van der Waals surface area contributed by atoms with Crippen molar-refractivity contribution in [2.75, 3.05) is 12.4 Å². The molecule has 0 aliphatic rings. The summed E-state index contributed by atoms with van der Waals surface area (Å²) < 4.78 is 24.0. The maximum atomic E-state index is 13.2. The van der Waals surface area contributed by atoms with Gasteiger partial charge in [-0.15, -0.1) is 0 Å². The lowest BCUT2D eigenvalue weighted by Gasteiger charge is -2.10. The number of benzene rings is 3. The molecule has 3 aromatic rings. The molecule has 0 heterocycles. The van der Waals surface area contributed by atoms with Gasteiger partial charge < -0.3 is 14.8 Å². The molecule has 27 heavy (non-hydrogen) atoms. The number of amides is 1. The number of carbonyl (C=O) groups is 1. The molecule has 5 heteroatoms. The van der Waals surface area contributed by atoms with Crippen LogP contribution in [0.1, 0.15) is 11.1 Å². The van der Waals surface area contributed by atoms with Gasteiger partial charge in [0.25, 0.3) is 0 Å². The number of halogens is 1. The molecule has 1 N–H and O–H groups in total. The molecule has 0 spiro atoms. The molecule has 138 valence electrons. The molecule has 3 aromatic carbocycles. The van der Waals surface area contributed by atoms with Crippen molar-refractivity contribution in [2.24, 2.45) is 0 Å². The molecular formula is C22H20FNO3. The Labute approximate surface area is 157 Å². The van der Waals surface area contributed by atoms with Gasteiger partial charge in [-0.1, -0.05) is 30.3 Å². The summed E-state index contributed by atoms with van der Waals surface area (Å²) >= 11 is 0. The van der Waals surface area contributed by atoms with Gasteiger partial charge in [0.1, 0.15) is 23.9 Å². The van der Waals surface area contributed by atoms with Crippen molar-refractivity contribution in [3.05, 3.63) is 89.7 Å². The number of anilines is 1. The third-order valence-corrected chi connectivity index (χ3v) is 3.91. The number of rotatable bonds is 7. The number of nitrogens with one attached hydrogen (secondary N) is 1. The van der Waals surface area contributed by atoms with Gasteiger partial charge in [0.05, 0.1) is 13.5 Å². The zero-order valence-corrected chi connectivity index (χ0v) is 14.9. The zero-order valence-electron chi connectivity index (χ0n) is 14.9. The van der Waals surface area contributed by atoms with Crippen LogP contribution in [0.4, 0.5) is 10.1 Å². The van der Waals surface area contributed by atoms with Crippen molar-refractivity contribution in [1.82, 2.24) is 0 Å². The first kappa shape index (κ1) is 18.5. The van der Waals surface area contributed by atoms with Gasteiger partial charge in [0.2, 0.25) is 5.91 Å². The highest BCUT2D eigenvalue weighted by Gasteiger charge is 2.06. The number of hydrogen-bond donors (Lipinski definition) is 1. The van der Waals surface area contributed by atoms with E-state index in [9.17, 15) is 9.18 Å². The molecular weight excluding hydrogens is 345 g/mol. The fourth-order valence-electron chi connectivity index (χ4n) is 2.64. The summed E-state index contributed by atoms with van der Waals surface area (Å²) in [5, 5.41) is 2.88. The summed E-state index contributed by atoms with van der Waals surface area (Å²) in [5.74, 6) is 0.719. The van der Waals surface area contributed by atoms with E-state index in [4.69, 9.17) is 9.47 Å². The minimum Gasteiger partial charge on any atom is -0.497 e. The van der Waals surface area contributed by atoms with E-state index in [1.807, 2.05) is 48.5 Å². The molecule has 0 radical (unpaired) electrons. The SMILES string of the molecule is COc1cccc(CC(=O)Nc2cccc(COc3cccc(F)c3)c2)c1. The molecule has 0 aliphatic carbocycles. The minimum atomic E-state index is -0.342. The van der Waals surface area contributed by atoms with E-state index in [1.165, 1.54) is 12.1 Å².